The van der Waals surface area contributed by atoms with Gasteiger partial charge in [-0.3, -0.25) is 9.59 Å². The lowest BCUT2D eigenvalue weighted by Gasteiger charge is -2.13. The van der Waals surface area contributed by atoms with Crippen LogP contribution in [0.3, 0.4) is 0 Å². The molecule has 1 unspecified atom stereocenters. The van der Waals surface area contributed by atoms with Crippen molar-refractivity contribution >= 4 is 34.3 Å². The molecule has 26 heavy (non-hydrogen) atoms. The lowest BCUT2D eigenvalue weighted by Crippen LogP contribution is -2.30. The number of anilines is 1. The molecule has 0 saturated carbocycles. The number of nitrogens with one attached hydrogen (secondary N) is 2. The van der Waals surface area contributed by atoms with Gasteiger partial charge >= 0.3 is 5.97 Å². The van der Waals surface area contributed by atoms with E-state index in [0.29, 0.717) is 16.8 Å². The van der Waals surface area contributed by atoms with E-state index in [1.54, 1.807) is 36.5 Å². The number of aromatic amines is 1. The predicted octanol–water partition coefficient (Wildman–Crippen LogP) is 3.55. The molecule has 1 heterocycles. The van der Waals surface area contributed by atoms with E-state index in [4.69, 9.17) is 4.74 Å². The van der Waals surface area contributed by atoms with E-state index in [1.807, 2.05) is 18.2 Å². The quantitative estimate of drug-likeness (QED) is 0.544. The summed E-state index contributed by atoms with van der Waals surface area (Å²) in [5.74, 6) is -1.15. The molecule has 0 aliphatic carbocycles. The number of hydrogen-bond donors (Lipinski definition) is 2. The zero-order valence-electron chi connectivity index (χ0n) is 14.4. The van der Waals surface area contributed by atoms with Gasteiger partial charge in [0.25, 0.3) is 5.91 Å². The molecule has 3 aromatic rings. The average Bonchev–Trinajstić information content (AvgIpc) is 3.06. The SMILES string of the molecule is CC(=O)c1cccc(NC(=O)C(C)OC(=O)c2c[nH]c3ccccc23)c1. The highest BCUT2D eigenvalue weighted by atomic mass is 16.5. The van der Waals surface area contributed by atoms with Crippen LogP contribution in [0.15, 0.2) is 54.7 Å². The standard InChI is InChI=1S/C20H18N2O4/c1-12(23)14-6-5-7-15(10-14)22-19(24)13(2)26-20(25)17-11-21-18-9-4-3-8-16(17)18/h3-11,13,21H,1-2H3,(H,22,24). The first-order chi connectivity index (χ1) is 12.5. The smallest absolute Gasteiger partial charge is 0.341 e. The van der Waals surface area contributed by atoms with Crippen LogP contribution >= 0.6 is 0 Å². The molecule has 0 fully saturated rings. The third-order valence-corrected chi connectivity index (χ3v) is 4.00. The number of rotatable bonds is 5. The number of ketones is 1. The van der Waals surface area contributed by atoms with Crippen LogP contribution in [-0.2, 0) is 9.53 Å². The van der Waals surface area contributed by atoms with Crippen molar-refractivity contribution in [2.75, 3.05) is 5.32 Å². The molecule has 0 aliphatic heterocycles. The fourth-order valence-corrected chi connectivity index (χ4v) is 2.58. The number of hydrogen-bond acceptors (Lipinski definition) is 4. The number of H-pyrrole nitrogens is 1. The van der Waals surface area contributed by atoms with E-state index < -0.39 is 18.0 Å². The van der Waals surface area contributed by atoms with Crippen LogP contribution in [0, 0.1) is 0 Å². The number of esters is 1. The molecule has 2 N–H and O–H groups in total. The highest BCUT2D eigenvalue weighted by Gasteiger charge is 2.21. The Bertz CT molecular complexity index is 990. The van der Waals surface area contributed by atoms with E-state index in [0.717, 1.165) is 10.9 Å². The molecule has 3 rings (SSSR count). The van der Waals surface area contributed by atoms with Crippen molar-refractivity contribution in [2.24, 2.45) is 0 Å². The van der Waals surface area contributed by atoms with Gasteiger partial charge in [-0.25, -0.2) is 4.79 Å². The van der Waals surface area contributed by atoms with Crippen molar-refractivity contribution in [3.05, 3.63) is 65.9 Å². The summed E-state index contributed by atoms with van der Waals surface area (Å²) in [4.78, 5) is 39.1. The molecule has 0 radical (unpaired) electrons. The number of carbonyl (C=O) groups excluding carboxylic acids is 3. The van der Waals surface area contributed by atoms with E-state index >= 15 is 0 Å². The maximum Gasteiger partial charge on any atom is 0.341 e. The van der Waals surface area contributed by atoms with Crippen molar-refractivity contribution in [1.82, 2.24) is 4.98 Å². The third-order valence-electron chi connectivity index (χ3n) is 4.00. The largest absolute Gasteiger partial charge is 0.449 e. The Morgan fingerprint density at radius 2 is 1.85 bits per heavy atom. The van der Waals surface area contributed by atoms with Gasteiger partial charge in [-0.1, -0.05) is 30.3 Å². The maximum absolute atomic E-state index is 12.4. The molecule has 0 aliphatic rings. The molecule has 0 bridgehead atoms. The van der Waals surface area contributed by atoms with Crippen LogP contribution in [0.4, 0.5) is 5.69 Å². The van der Waals surface area contributed by atoms with Crippen LogP contribution in [0.25, 0.3) is 10.9 Å². The topological polar surface area (TPSA) is 88.3 Å². The van der Waals surface area contributed by atoms with Gasteiger partial charge < -0.3 is 15.0 Å². The first-order valence-electron chi connectivity index (χ1n) is 8.14. The third kappa shape index (κ3) is 3.64. The minimum absolute atomic E-state index is 0.0973. The van der Waals surface area contributed by atoms with Gasteiger partial charge in [0.1, 0.15) is 0 Å². The van der Waals surface area contributed by atoms with Crippen LogP contribution in [0.2, 0.25) is 0 Å². The zero-order chi connectivity index (χ0) is 18.7. The Hall–Kier alpha value is -3.41. The molecule has 132 valence electrons. The van der Waals surface area contributed by atoms with E-state index in [2.05, 4.69) is 10.3 Å². The number of benzene rings is 2. The van der Waals surface area contributed by atoms with E-state index in [1.165, 1.54) is 13.8 Å². The fraction of sp³-hybridized carbons (Fsp3) is 0.150. The van der Waals surface area contributed by atoms with Crippen LogP contribution in [0.5, 0.6) is 0 Å². The minimum atomic E-state index is -0.989. The number of para-hydroxylation sites is 1. The first-order valence-corrected chi connectivity index (χ1v) is 8.14. The first kappa shape index (κ1) is 17.4. The number of fused-ring (bicyclic) bond motifs is 1. The second-order valence-electron chi connectivity index (χ2n) is 5.92. The molecule has 1 atom stereocenters. The fourth-order valence-electron chi connectivity index (χ4n) is 2.58. The Kier molecular flexibility index (Phi) is 4.84. The minimum Gasteiger partial charge on any atom is -0.449 e. The zero-order valence-corrected chi connectivity index (χ0v) is 14.4. The van der Waals surface area contributed by atoms with Gasteiger partial charge in [0.05, 0.1) is 5.56 Å². The molecule has 2 aromatic carbocycles. The molecule has 1 amide bonds. The molecule has 6 heteroatoms. The summed E-state index contributed by atoms with van der Waals surface area (Å²) >= 11 is 0. The van der Waals surface area contributed by atoms with Gasteiger partial charge in [0.2, 0.25) is 0 Å². The number of carbonyl (C=O) groups is 3. The second kappa shape index (κ2) is 7.23. The summed E-state index contributed by atoms with van der Waals surface area (Å²) < 4.78 is 5.28. The number of amides is 1. The van der Waals surface area contributed by atoms with Gasteiger partial charge in [-0.05, 0) is 32.0 Å². The molecule has 0 saturated heterocycles. The summed E-state index contributed by atoms with van der Waals surface area (Å²) in [7, 11) is 0. The molecular weight excluding hydrogens is 332 g/mol. The predicted molar refractivity (Wildman–Crippen MR) is 98.3 cm³/mol. The average molecular weight is 350 g/mol. The van der Waals surface area contributed by atoms with Crippen molar-refractivity contribution in [2.45, 2.75) is 20.0 Å². The van der Waals surface area contributed by atoms with Crippen molar-refractivity contribution < 1.29 is 19.1 Å². The van der Waals surface area contributed by atoms with Crippen LogP contribution in [-0.4, -0.2) is 28.7 Å². The van der Waals surface area contributed by atoms with Crippen molar-refractivity contribution in [3.8, 4) is 0 Å². The summed E-state index contributed by atoms with van der Waals surface area (Å²) in [6, 6.07) is 13.9. The van der Waals surface area contributed by atoms with Crippen LogP contribution in [0.1, 0.15) is 34.6 Å². The lowest BCUT2D eigenvalue weighted by molar-refractivity contribution is -0.123. The van der Waals surface area contributed by atoms with Gasteiger partial charge in [-0.15, -0.1) is 0 Å². The highest BCUT2D eigenvalue weighted by Crippen LogP contribution is 2.19. The van der Waals surface area contributed by atoms with E-state index in [-0.39, 0.29) is 5.78 Å². The number of aromatic nitrogens is 1. The van der Waals surface area contributed by atoms with Gasteiger partial charge in [0, 0.05) is 28.4 Å². The summed E-state index contributed by atoms with van der Waals surface area (Å²) in [6.45, 7) is 2.95. The molecule has 0 spiro atoms. The lowest BCUT2D eigenvalue weighted by atomic mass is 10.1. The summed E-state index contributed by atoms with van der Waals surface area (Å²) in [5, 5.41) is 3.38. The highest BCUT2D eigenvalue weighted by molar-refractivity contribution is 6.05. The maximum atomic E-state index is 12.4. The molecule has 1 aromatic heterocycles. The Balaban J connectivity index is 1.68. The number of Topliss-reactive ketones (excluding diaryl/α,β-unsaturated/α-hetero) is 1. The normalized spacial score (nSPS) is 11.8. The monoisotopic (exact) mass is 350 g/mol. The Morgan fingerprint density at radius 3 is 2.62 bits per heavy atom. The van der Waals surface area contributed by atoms with Gasteiger partial charge in [-0.2, -0.15) is 0 Å². The van der Waals surface area contributed by atoms with Gasteiger partial charge in [0.15, 0.2) is 11.9 Å². The molecular formula is C20H18N2O4. The van der Waals surface area contributed by atoms with Crippen molar-refractivity contribution in [1.29, 1.82) is 0 Å². The van der Waals surface area contributed by atoms with Crippen molar-refractivity contribution in [3.63, 3.8) is 0 Å². The van der Waals surface area contributed by atoms with Crippen LogP contribution < -0.4 is 5.32 Å². The summed E-state index contributed by atoms with van der Waals surface area (Å²) in [6.07, 6.45) is 0.575. The summed E-state index contributed by atoms with van der Waals surface area (Å²) in [5.41, 5.74) is 2.15. The number of ether oxygens (including phenoxy) is 1. The van der Waals surface area contributed by atoms with E-state index in [9.17, 15) is 14.4 Å². The Morgan fingerprint density at radius 1 is 1.08 bits per heavy atom. The second-order valence-corrected chi connectivity index (χ2v) is 5.92. The molecule has 6 nitrogen and oxygen atoms in total. The Labute approximate surface area is 150 Å².